The van der Waals surface area contributed by atoms with Crippen molar-refractivity contribution in [1.82, 2.24) is 5.32 Å². The fourth-order valence-corrected chi connectivity index (χ4v) is 2.61. The number of nitrogens with one attached hydrogen (secondary N) is 1. The van der Waals surface area contributed by atoms with Crippen LogP contribution in [0.4, 0.5) is 0 Å². The van der Waals surface area contributed by atoms with E-state index in [0.29, 0.717) is 6.61 Å². The third-order valence-electron chi connectivity index (χ3n) is 3.06. The molecular weight excluding hydrogens is 314 g/mol. The minimum atomic E-state index is 0.535. The first-order valence-corrected chi connectivity index (χ1v) is 7.69. The molecule has 0 amide bonds. The van der Waals surface area contributed by atoms with Crippen LogP contribution in [0.2, 0.25) is 0 Å². The first-order chi connectivity index (χ1) is 9.72. The first kappa shape index (κ1) is 15.1. The van der Waals surface area contributed by atoms with Gasteiger partial charge in [0.05, 0.1) is 4.47 Å². The van der Waals surface area contributed by atoms with Gasteiger partial charge in [-0.2, -0.15) is 0 Å². The number of ether oxygens (including phenoxy) is 1. The summed E-state index contributed by atoms with van der Waals surface area (Å²) in [6.45, 7) is 8.53. The van der Waals surface area contributed by atoms with E-state index in [1.807, 2.05) is 18.2 Å². The molecule has 0 aromatic heterocycles. The first-order valence-electron chi connectivity index (χ1n) is 6.89. The average molecular weight is 334 g/mol. The van der Waals surface area contributed by atoms with Crippen molar-refractivity contribution in [3.8, 4) is 5.75 Å². The van der Waals surface area contributed by atoms with E-state index in [4.69, 9.17) is 4.74 Å². The van der Waals surface area contributed by atoms with Gasteiger partial charge in [0.25, 0.3) is 0 Å². The smallest absolute Gasteiger partial charge is 0.134 e. The Bertz CT molecular complexity index is 595. The molecule has 2 aromatic carbocycles. The molecule has 0 aliphatic carbocycles. The highest BCUT2D eigenvalue weighted by atomic mass is 79.9. The standard InChI is InChI=1S/C17H20BrNO/c1-3-10-19-11-13(2)12-20-16-9-8-14-6-4-5-7-15(14)17(16)18/h4-9,19H,2-3,10-12H2,1H3. The molecule has 0 aliphatic heterocycles. The van der Waals surface area contributed by atoms with Crippen molar-refractivity contribution in [2.45, 2.75) is 13.3 Å². The molecule has 2 rings (SSSR count). The fourth-order valence-electron chi connectivity index (χ4n) is 2.00. The van der Waals surface area contributed by atoms with Gasteiger partial charge in [-0.3, -0.25) is 0 Å². The van der Waals surface area contributed by atoms with Crippen LogP contribution < -0.4 is 10.1 Å². The van der Waals surface area contributed by atoms with Gasteiger partial charge in [-0.05, 0) is 51.3 Å². The molecule has 0 unspecified atom stereocenters. The van der Waals surface area contributed by atoms with Gasteiger partial charge in [0.2, 0.25) is 0 Å². The lowest BCUT2D eigenvalue weighted by Gasteiger charge is -2.12. The summed E-state index contributed by atoms with van der Waals surface area (Å²) >= 11 is 3.63. The van der Waals surface area contributed by atoms with Crippen LogP contribution in [0.5, 0.6) is 5.75 Å². The van der Waals surface area contributed by atoms with Crippen LogP contribution in [0.1, 0.15) is 13.3 Å². The molecule has 1 N–H and O–H groups in total. The summed E-state index contributed by atoms with van der Waals surface area (Å²) < 4.78 is 6.86. The Labute approximate surface area is 129 Å². The topological polar surface area (TPSA) is 21.3 Å². The Morgan fingerprint density at radius 3 is 2.85 bits per heavy atom. The number of hydrogen-bond donors (Lipinski definition) is 1. The Hall–Kier alpha value is -1.32. The predicted molar refractivity (Wildman–Crippen MR) is 89.4 cm³/mol. The van der Waals surface area contributed by atoms with Crippen LogP contribution in [0.25, 0.3) is 10.8 Å². The molecule has 0 bridgehead atoms. The quantitative estimate of drug-likeness (QED) is 0.593. The highest BCUT2D eigenvalue weighted by Gasteiger charge is 2.06. The van der Waals surface area contributed by atoms with Gasteiger partial charge in [-0.25, -0.2) is 0 Å². The van der Waals surface area contributed by atoms with Gasteiger partial charge >= 0.3 is 0 Å². The van der Waals surface area contributed by atoms with Crippen molar-refractivity contribution in [2.24, 2.45) is 0 Å². The van der Waals surface area contributed by atoms with Gasteiger partial charge < -0.3 is 10.1 Å². The fraction of sp³-hybridized carbons (Fsp3) is 0.294. The van der Waals surface area contributed by atoms with Gasteiger partial charge in [-0.1, -0.05) is 43.8 Å². The molecule has 0 aliphatic rings. The van der Waals surface area contributed by atoms with E-state index >= 15 is 0 Å². The van der Waals surface area contributed by atoms with Crippen molar-refractivity contribution < 1.29 is 4.74 Å². The second-order valence-electron chi connectivity index (χ2n) is 4.81. The van der Waals surface area contributed by atoms with Crippen LogP contribution in [0.15, 0.2) is 53.0 Å². The van der Waals surface area contributed by atoms with Gasteiger partial charge in [0.1, 0.15) is 12.4 Å². The molecule has 0 saturated heterocycles. The summed E-state index contributed by atoms with van der Waals surface area (Å²) in [5.74, 6) is 0.861. The third kappa shape index (κ3) is 3.84. The van der Waals surface area contributed by atoms with E-state index < -0.39 is 0 Å². The van der Waals surface area contributed by atoms with Crippen LogP contribution >= 0.6 is 15.9 Å². The van der Waals surface area contributed by atoms with Crippen molar-refractivity contribution in [2.75, 3.05) is 19.7 Å². The lowest BCUT2D eigenvalue weighted by atomic mass is 10.1. The Kier molecular flexibility index (Phi) is 5.62. The largest absolute Gasteiger partial charge is 0.488 e. The van der Waals surface area contributed by atoms with Gasteiger partial charge in [0.15, 0.2) is 0 Å². The minimum Gasteiger partial charge on any atom is -0.488 e. The Morgan fingerprint density at radius 1 is 1.25 bits per heavy atom. The number of halogens is 1. The average Bonchev–Trinajstić information content (AvgIpc) is 2.47. The second-order valence-corrected chi connectivity index (χ2v) is 5.61. The highest BCUT2D eigenvalue weighted by molar-refractivity contribution is 9.10. The van der Waals surface area contributed by atoms with Crippen LogP contribution in [-0.4, -0.2) is 19.7 Å². The molecule has 20 heavy (non-hydrogen) atoms. The van der Waals surface area contributed by atoms with Crippen molar-refractivity contribution in [3.05, 3.63) is 53.0 Å². The lowest BCUT2D eigenvalue weighted by molar-refractivity contribution is 0.347. The van der Waals surface area contributed by atoms with Gasteiger partial charge in [0, 0.05) is 6.54 Å². The summed E-state index contributed by atoms with van der Waals surface area (Å²) in [6.07, 6.45) is 1.13. The molecule has 3 heteroatoms. The van der Waals surface area contributed by atoms with E-state index in [0.717, 1.165) is 35.3 Å². The summed E-state index contributed by atoms with van der Waals surface area (Å²) in [6, 6.07) is 12.3. The van der Waals surface area contributed by atoms with E-state index in [2.05, 4.69) is 52.9 Å². The van der Waals surface area contributed by atoms with Crippen LogP contribution in [-0.2, 0) is 0 Å². The molecule has 0 fully saturated rings. The zero-order valence-electron chi connectivity index (χ0n) is 11.8. The molecule has 106 valence electrons. The molecule has 2 nitrogen and oxygen atoms in total. The number of hydrogen-bond acceptors (Lipinski definition) is 2. The zero-order chi connectivity index (χ0) is 14.4. The van der Waals surface area contributed by atoms with Crippen molar-refractivity contribution >= 4 is 26.7 Å². The van der Waals surface area contributed by atoms with E-state index in [-0.39, 0.29) is 0 Å². The highest BCUT2D eigenvalue weighted by Crippen LogP contribution is 2.33. The predicted octanol–water partition coefficient (Wildman–Crippen LogP) is 4.54. The van der Waals surface area contributed by atoms with Gasteiger partial charge in [-0.15, -0.1) is 0 Å². The normalized spacial score (nSPS) is 10.7. The van der Waals surface area contributed by atoms with E-state index in [9.17, 15) is 0 Å². The van der Waals surface area contributed by atoms with Crippen LogP contribution in [0.3, 0.4) is 0 Å². The van der Waals surface area contributed by atoms with E-state index in [1.165, 1.54) is 10.8 Å². The lowest BCUT2D eigenvalue weighted by Crippen LogP contribution is -2.20. The summed E-state index contributed by atoms with van der Waals surface area (Å²) in [7, 11) is 0. The maximum atomic E-state index is 5.85. The molecular formula is C17H20BrNO. The third-order valence-corrected chi connectivity index (χ3v) is 3.88. The molecule has 0 radical (unpaired) electrons. The molecule has 2 aromatic rings. The molecule has 0 heterocycles. The van der Waals surface area contributed by atoms with E-state index in [1.54, 1.807) is 0 Å². The van der Waals surface area contributed by atoms with Crippen LogP contribution in [0, 0.1) is 0 Å². The maximum Gasteiger partial charge on any atom is 0.134 e. The van der Waals surface area contributed by atoms with Crippen molar-refractivity contribution in [3.63, 3.8) is 0 Å². The SMILES string of the molecule is C=C(CNCCC)COc1ccc2ccccc2c1Br. The molecule has 0 atom stereocenters. The zero-order valence-corrected chi connectivity index (χ0v) is 13.4. The van der Waals surface area contributed by atoms with Crippen molar-refractivity contribution in [1.29, 1.82) is 0 Å². The summed E-state index contributed by atoms with van der Waals surface area (Å²) in [4.78, 5) is 0. The summed E-state index contributed by atoms with van der Waals surface area (Å²) in [5, 5.41) is 5.69. The Morgan fingerprint density at radius 2 is 2.05 bits per heavy atom. The monoisotopic (exact) mass is 333 g/mol. The number of benzene rings is 2. The maximum absolute atomic E-state index is 5.85. The number of rotatable bonds is 7. The number of fused-ring (bicyclic) bond motifs is 1. The summed E-state index contributed by atoms with van der Waals surface area (Å²) in [5.41, 5.74) is 1.05. The molecule has 0 spiro atoms. The molecule has 0 saturated carbocycles. The second kappa shape index (κ2) is 7.46. The Balaban J connectivity index is 2.00. The minimum absolute atomic E-state index is 0.535.